The van der Waals surface area contributed by atoms with Crippen molar-refractivity contribution >= 4 is 22.6 Å². The van der Waals surface area contributed by atoms with Crippen LogP contribution in [0.5, 0.6) is 0 Å². The summed E-state index contributed by atoms with van der Waals surface area (Å²) in [4.78, 5) is 31.0. The second kappa shape index (κ2) is 6.86. The van der Waals surface area contributed by atoms with Crippen LogP contribution in [0.2, 0.25) is 0 Å². The molecule has 0 saturated carbocycles. The molecule has 1 fully saturated rings. The van der Waals surface area contributed by atoms with Crippen molar-refractivity contribution in [3.8, 4) is 0 Å². The molecule has 1 aliphatic rings. The summed E-state index contributed by atoms with van der Waals surface area (Å²) in [6, 6.07) is 9.48. The Bertz CT molecular complexity index is 1050. The van der Waals surface area contributed by atoms with Gasteiger partial charge in [-0.3, -0.25) is 9.59 Å². The highest BCUT2D eigenvalue weighted by Crippen LogP contribution is 2.22. The molecular formula is C19H22N6O2. The van der Waals surface area contributed by atoms with Crippen LogP contribution in [0.3, 0.4) is 0 Å². The van der Waals surface area contributed by atoms with E-state index in [1.54, 1.807) is 19.3 Å². The fraction of sp³-hybridized carbons (Fsp3) is 0.368. The highest BCUT2D eigenvalue weighted by atomic mass is 16.2. The van der Waals surface area contributed by atoms with E-state index in [1.165, 1.54) is 4.68 Å². The van der Waals surface area contributed by atoms with Gasteiger partial charge in [0, 0.05) is 33.3 Å². The monoisotopic (exact) mass is 366 g/mol. The van der Waals surface area contributed by atoms with Crippen molar-refractivity contribution in [2.75, 3.05) is 18.0 Å². The Morgan fingerprint density at radius 3 is 2.89 bits per heavy atom. The van der Waals surface area contributed by atoms with Crippen molar-refractivity contribution in [2.24, 2.45) is 20.0 Å². The lowest BCUT2D eigenvalue weighted by atomic mass is 10.1. The van der Waals surface area contributed by atoms with E-state index in [1.807, 2.05) is 40.8 Å². The van der Waals surface area contributed by atoms with Gasteiger partial charge >= 0.3 is 0 Å². The minimum absolute atomic E-state index is 0.0151. The second-order valence-electron chi connectivity index (χ2n) is 6.90. The van der Waals surface area contributed by atoms with E-state index in [4.69, 9.17) is 0 Å². The number of benzene rings is 1. The highest BCUT2D eigenvalue weighted by Gasteiger charge is 2.29. The molecule has 2 aromatic heterocycles. The van der Waals surface area contributed by atoms with Crippen molar-refractivity contribution < 1.29 is 4.79 Å². The number of imidazole rings is 1. The van der Waals surface area contributed by atoms with Crippen molar-refractivity contribution in [1.82, 2.24) is 24.6 Å². The van der Waals surface area contributed by atoms with Gasteiger partial charge in [0.05, 0.1) is 35.4 Å². The summed E-state index contributed by atoms with van der Waals surface area (Å²) in [6.07, 6.45) is 2.42. The van der Waals surface area contributed by atoms with Crippen LogP contribution in [0.1, 0.15) is 12.2 Å². The summed E-state index contributed by atoms with van der Waals surface area (Å²) in [5.74, 6) is 0.736. The van der Waals surface area contributed by atoms with Crippen molar-refractivity contribution in [3.63, 3.8) is 0 Å². The number of nitrogens with one attached hydrogen (secondary N) is 1. The predicted molar refractivity (Wildman–Crippen MR) is 102 cm³/mol. The largest absolute Gasteiger partial charge is 0.369 e. The highest BCUT2D eigenvalue weighted by molar-refractivity contribution is 5.80. The summed E-state index contributed by atoms with van der Waals surface area (Å²) in [7, 11) is 3.57. The standard InChI is InChI=1S/C19H22N6O2/c1-23-16-6-4-3-5-15(16)22-17(23)11-20-19(27)13-7-8-25(12-13)14-9-18(26)24(2)21-10-14/h3-6,9-10,13H,7-8,11-12H2,1-2H3,(H,20,27). The van der Waals surface area contributed by atoms with Gasteiger partial charge in [0.1, 0.15) is 5.82 Å². The smallest absolute Gasteiger partial charge is 0.268 e. The van der Waals surface area contributed by atoms with Gasteiger partial charge < -0.3 is 14.8 Å². The Balaban J connectivity index is 1.39. The lowest BCUT2D eigenvalue weighted by Crippen LogP contribution is -2.33. The number of rotatable bonds is 4. The van der Waals surface area contributed by atoms with Crippen LogP contribution in [-0.4, -0.2) is 38.3 Å². The zero-order chi connectivity index (χ0) is 19.0. The first-order valence-corrected chi connectivity index (χ1v) is 8.99. The Morgan fingerprint density at radius 2 is 2.11 bits per heavy atom. The van der Waals surface area contributed by atoms with Crippen LogP contribution in [0.25, 0.3) is 11.0 Å². The molecule has 3 heterocycles. The van der Waals surface area contributed by atoms with E-state index in [0.717, 1.165) is 35.5 Å². The molecule has 0 bridgehead atoms. The van der Waals surface area contributed by atoms with Gasteiger partial charge in [-0.1, -0.05) is 12.1 Å². The molecule has 1 saturated heterocycles. The number of fused-ring (bicyclic) bond motifs is 1. The Morgan fingerprint density at radius 1 is 1.30 bits per heavy atom. The van der Waals surface area contributed by atoms with Crippen LogP contribution in [0, 0.1) is 5.92 Å². The Labute approximate surface area is 156 Å². The summed E-state index contributed by atoms with van der Waals surface area (Å²) in [5, 5.41) is 7.06. The number of carbonyl (C=O) groups excluding carboxylic acids is 1. The van der Waals surface area contributed by atoms with Crippen LogP contribution in [0.15, 0.2) is 41.3 Å². The number of hydrogen-bond acceptors (Lipinski definition) is 5. The summed E-state index contributed by atoms with van der Waals surface area (Å²) >= 11 is 0. The van der Waals surface area contributed by atoms with Crippen molar-refractivity contribution in [3.05, 3.63) is 52.7 Å². The van der Waals surface area contributed by atoms with E-state index in [9.17, 15) is 9.59 Å². The minimum Gasteiger partial charge on any atom is -0.369 e. The molecule has 1 atom stereocenters. The quantitative estimate of drug-likeness (QED) is 0.739. The third kappa shape index (κ3) is 3.30. The van der Waals surface area contributed by atoms with Gasteiger partial charge in [0.25, 0.3) is 5.56 Å². The average Bonchev–Trinajstić information content (AvgIpc) is 3.28. The first-order chi connectivity index (χ1) is 13.0. The van der Waals surface area contributed by atoms with Gasteiger partial charge in [-0.2, -0.15) is 5.10 Å². The number of anilines is 1. The minimum atomic E-state index is -0.151. The fourth-order valence-electron chi connectivity index (χ4n) is 3.51. The number of carbonyl (C=O) groups is 1. The van der Waals surface area contributed by atoms with Gasteiger partial charge in [-0.15, -0.1) is 0 Å². The van der Waals surface area contributed by atoms with Gasteiger partial charge in [-0.05, 0) is 18.6 Å². The lowest BCUT2D eigenvalue weighted by Gasteiger charge is -2.18. The molecule has 8 nitrogen and oxygen atoms in total. The van der Waals surface area contributed by atoms with E-state index >= 15 is 0 Å². The maximum Gasteiger partial charge on any atom is 0.268 e. The zero-order valence-electron chi connectivity index (χ0n) is 15.4. The van der Waals surface area contributed by atoms with Crippen LogP contribution >= 0.6 is 0 Å². The molecular weight excluding hydrogens is 344 g/mol. The molecule has 3 aromatic rings. The SMILES string of the molecule is Cn1ncc(N2CCC(C(=O)NCc3nc4ccccc4n3C)C2)cc1=O. The zero-order valence-corrected chi connectivity index (χ0v) is 15.4. The maximum absolute atomic E-state index is 12.6. The molecule has 0 aliphatic carbocycles. The number of aromatic nitrogens is 4. The topological polar surface area (TPSA) is 85.1 Å². The summed E-state index contributed by atoms with van der Waals surface area (Å²) in [5.41, 5.74) is 2.59. The molecule has 1 unspecified atom stereocenters. The molecule has 27 heavy (non-hydrogen) atoms. The number of nitrogens with zero attached hydrogens (tertiary/aromatic N) is 5. The van der Waals surface area contributed by atoms with Crippen LogP contribution < -0.4 is 15.8 Å². The van der Waals surface area contributed by atoms with Gasteiger partial charge in [0.2, 0.25) is 5.91 Å². The second-order valence-corrected chi connectivity index (χ2v) is 6.90. The van der Waals surface area contributed by atoms with Crippen LogP contribution in [0.4, 0.5) is 5.69 Å². The number of para-hydroxylation sites is 2. The number of hydrogen-bond donors (Lipinski definition) is 1. The van der Waals surface area contributed by atoms with E-state index in [2.05, 4.69) is 15.4 Å². The van der Waals surface area contributed by atoms with E-state index < -0.39 is 0 Å². The summed E-state index contributed by atoms with van der Waals surface area (Å²) < 4.78 is 3.29. The maximum atomic E-state index is 12.6. The molecule has 1 amide bonds. The Kier molecular flexibility index (Phi) is 4.39. The molecule has 140 valence electrons. The molecule has 4 rings (SSSR count). The third-order valence-electron chi connectivity index (χ3n) is 5.18. The molecule has 1 N–H and O–H groups in total. The number of amides is 1. The fourth-order valence-corrected chi connectivity index (χ4v) is 3.51. The van der Waals surface area contributed by atoms with Gasteiger partial charge in [-0.25, -0.2) is 9.67 Å². The third-order valence-corrected chi connectivity index (χ3v) is 5.18. The lowest BCUT2D eigenvalue weighted by molar-refractivity contribution is -0.124. The average molecular weight is 366 g/mol. The number of aryl methyl sites for hydroxylation is 2. The molecule has 1 aromatic carbocycles. The summed E-state index contributed by atoms with van der Waals surface area (Å²) in [6.45, 7) is 1.72. The van der Waals surface area contributed by atoms with Crippen molar-refractivity contribution in [1.29, 1.82) is 0 Å². The first-order valence-electron chi connectivity index (χ1n) is 8.99. The predicted octanol–water partition coefficient (Wildman–Crippen LogP) is 0.810. The first kappa shape index (κ1) is 17.3. The molecule has 1 aliphatic heterocycles. The molecule has 0 radical (unpaired) electrons. The molecule has 8 heteroatoms. The van der Waals surface area contributed by atoms with Gasteiger partial charge in [0.15, 0.2) is 0 Å². The Hall–Kier alpha value is -3.16. The van der Waals surface area contributed by atoms with E-state index in [-0.39, 0.29) is 17.4 Å². The van der Waals surface area contributed by atoms with Crippen LogP contribution in [-0.2, 0) is 25.4 Å². The normalized spacial score (nSPS) is 16.8. The molecule has 0 spiro atoms. The van der Waals surface area contributed by atoms with E-state index in [0.29, 0.717) is 13.1 Å². The van der Waals surface area contributed by atoms with Crippen molar-refractivity contribution in [2.45, 2.75) is 13.0 Å².